The second-order valence-electron chi connectivity index (χ2n) is 4.57. The van der Waals surface area contributed by atoms with Crippen LogP contribution in [0.1, 0.15) is 37.8 Å². The Morgan fingerprint density at radius 2 is 1.67 bits per heavy atom. The highest BCUT2D eigenvalue weighted by molar-refractivity contribution is 5.91. The molecule has 1 aromatic carbocycles. The summed E-state index contributed by atoms with van der Waals surface area (Å²) >= 11 is 0. The molecular formula is C16H23NO. The predicted molar refractivity (Wildman–Crippen MR) is 77.4 cm³/mol. The maximum absolute atomic E-state index is 12.0. The van der Waals surface area contributed by atoms with Gasteiger partial charge in [-0.2, -0.15) is 0 Å². The van der Waals surface area contributed by atoms with Gasteiger partial charge in [0.15, 0.2) is 0 Å². The molecule has 0 spiro atoms. The molecule has 0 aliphatic carbocycles. The van der Waals surface area contributed by atoms with Crippen molar-refractivity contribution in [3.63, 3.8) is 0 Å². The normalized spacial score (nSPS) is 10.8. The number of hydrogen-bond acceptors (Lipinski definition) is 1. The van der Waals surface area contributed by atoms with Crippen molar-refractivity contribution >= 4 is 12.0 Å². The zero-order valence-corrected chi connectivity index (χ0v) is 11.6. The summed E-state index contributed by atoms with van der Waals surface area (Å²) in [7, 11) is 0. The summed E-state index contributed by atoms with van der Waals surface area (Å²) in [5.74, 6) is 0.110. The number of benzene rings is 1. The number of aryl methyl sites for hydroxylation is 1. The minimum Gasteiger partial charge on any atom is -0.339 e. The zero-order chi connectivity index (χ0) is 13.4. The number of carbonyl (C=O) groups is 1. The molecule has 0 N–H and O–H groups in total. The van der Waals surface area contributed by atoms with Crippen LogP contribution in [0.3, 0.4) is 0 Å². The van der Waals surface area contributed by atoms with Gasteiger partial charge < -0.3 is 4.90 Å². The topological polar surface area (TPSA) is 20.3 Å². The van der Waals surface area contributed by atoms with Gasteiger partial charge in [0.2, 0.25) is 5.91 Å². The van der Waals surface area contributed by atoms with Crippen LogP contribution in [0, 0.1) is 6.92 Å². The van der Waals surface area contributed by atoms with Crippen molar-refractivity contribution < 1.29 is 4.79 Å². The van der Waals surface area contributed by atoms with Gasteiger partial charge >= 0.3 is 0 Å². The fourth-order valence-corrected chi connectivity index (χ4v) is 1.82. The summed E-state index contributed by atoms with van der Waals surface area (Å²) in [5, 5.41) is 0. The minimum absolute atomic E-state index is 0.110. The van der Waals surface area contributed by atoms with E-state index in [-0.39, 0.29) is 5.91 Å². The smallest absolute Gasteiger partial charge is 0.246 e. The molecule has 18 heavy (non-hydrogen) atoms. The van der Waals surface area contributed by atoms with Crippen LogP contribution in [0.5, 0.6) is 0 Å². The number of amides is 1. The molecule has 2 heteroatoms. The van der Waals surface area contributed by atoms with Crippen LogP contribution in [-0.4, -0.2) is 23.9 Å². The monoisotopic (exact) mass is 245 g/mol. The molecule has 0 saturated heterocycles. The van der Waals surface area contributed by atoms with Crippen LogP contribution in [0.15, 0.2) is 30.3 Å². The quantitative estimate of drug-likeness (QED) is 0.700. The van der Waals surface area contributed by atoms with E-state index >= 15 is 0 Å². The van der Waals surface area contributed by atoms with Gasteiger partial charge in [0.25, 0.3) is 0 Å². The molecule has 2 nitrogen and oxygen atoms in total. The average Bonchev–Trinajstić information content (AvgIpc) is 2.37. The summed E-state index contributed by atoms with van der Waals surface area (Å²) in [6.07, 6.45) is 5.57. The highest BCUT2D eigenvalue weighted by Crippen LogP contribution is 2.06. The van der Waals surface area contributed by atoms with E-state index in [0.717, 1.165) is 31.5 Å². The molecule has 0 saturated carbocycles. The van der Waals surface area contributed by atoms with Gasteiger partial charge in [0, 0.05) is 19.2 Å². The first-order valence-electron chi connectivity index (χ1n) is 6.71. The van der Waals surface area contributed by atoms with Crippen LogP contribution in [0.4, 0.5) is 0 Å². The van der Waals surface area contributed by atoms with E-state index in [1.807, 2.05) is 23.1 Å². The molecule has 0 heterocycles. The SMILES string of the molecule is CCCN(CCC)C(=O)/C=C/c1ccc(C)cc1. The maximum atomic E-state index is 12.0. The first kappa shape index (κ1) is 14.5. The first-order valence-corrected chi connectivity index (χ1v) is 6.71. The van der Waals surface area contributed by atoms with Crippen molar-refractivity contribution in [2.75, 3.05) is 13.1 Å². The van der Waals surface area contributed by atoms with Crippen molar-refractivity contribution in [2.45, 2.75) is 33.6 Å². The second kappa shape index (κ2) is 7.70. The van der Waals surface area contributed by atoms with Crippen LogP contribution >= 0.6 is 0 Å². The summed E-state index contributed by atoms with van der Waals surface area (Å²) in [6.45, 7) is 7.93. The number of carbonyl (C=O) groups excluding carboxylic acids is 1. The lowest BCUT2D eigenvalue weighted by atomic mass is 10.1. The maximum Gasteiger partial charge on any atom is 0.246 e. The van der Waals surface area contributed by atoms with E-state index in [4.69, 9.17) is 0 Å². The van der Waals surface area contributed by atoms with E-state index in [1.54, 1.807) is 6.08 Å². The zero-order valence-electron chi connectivity index (χ0n) is 11.6. The van der Waals surface area contributed by atoms with Gasteiger partial charge in [0.1, 0.15) is 0 Å². The molecule has 0 bridgehead atoms. The van der Waals surface area contributed by atoms with E-state index < -0.39 is 0 Å². The van der Waals surface area contributed by atoms with Crippen molar-refractivity contribution in [1.82, 2.24) is 4.90 Å². The largest absolute Gasteiger partial charge is 0.339 e. The number of nitrogens with zero attached hydrogens (tertiary/aromatic N) is 1. The van der Waals surface area contributed by atoms with E-state index in [9.17, 15) is 4.79 Å². The van der Waals surface area contributed by atoms with Crippen LogP contribution in [0.2, 0.25) is 0 Å². The molecule has 0 unspecified atom stereocenters. The van der Waals surface area contributed by atoms with Gasteiger partial charge in [-0.15, -0.1) is 0 Å². The summed E-state index contributed by atoms with van der Waals surface area (Å²) < 4.78 is 0. The first-order chi connectivity index (χ1) is 8.67. The highest BCUT2D eigenvalue weighted by atomic mass is 16.2. The third-order valence-electron chi connectivity index (χ3n) is 2.79. The molecule has 0 aliphatic heterocycles. The van der Waals surface area contributed by atoms with Crippen molar-refractivity contribution in [1.29, 1.82) is 0 Å². The fraction of sp³-hybridized carbons (Fsp3) is 0.438. The molecule has 1 aromatic rings. The predicted octanol–water partition coefficient (Wildman–Crippen LogP) is 3.66. The standard InChI is InChI=1S/C16H23NO/c1-4-12-17(13-5-2)16(18)11-10-15-8-6-14(3)7-9-15/h6-11H,4-5,12-13H2,1-3H3/b11-10+. The van der Waals surface area contributed by atoms with Crippen LogP contribution in [-0.2, 0) is 4.79 Å². The molecule has 0 radical (unpaired) electrons. The van der Waals surface area contributed by atoms with Crippen LogP contribution in [0.25, 0.3) is 6.08 Å². The Kier molecular flexibility index (Phi) is 6.20. The highest BCUT2D eigenvalue weighted by Gasteiger charge is 2.07. The lowest BCUT2D eigenvalue weighted by Gasteiger charge is -2.19. The van der Waals surface area contributed by atoms with Gasteiger partial charge in [-0.05, 0) is 31.4 Å². The van der Waals surface area contributed by atoms with Crippen molar-refractivity contribution in [3.8, 4) is 0 Å². The lowest BCUT2D eigenvalue weighted by molar-refractivity contribution is -0.126. The molecule has 1 rings (SSSR count). The molecule has 98 valence electrons. The van der Waals surface area contributed by atoms with Crippen LogP contribution < -0.4 is 0 Å². The Labute approximate surface area is 110 Å². The number of hydrogen-bond donors (Lipinski definition) is 0. The molecule has 0 aliphatic rings. The van der Waals surface area contributed by atoms with Crippen molar-refractivity contribution in [3.05, 3.63) is 41.5 Å². The van der Waals surface area contributed by atoms with E-state index in [0.29, 0.717) is 0 Å². The summed E-state index contributed by atoms with van der Waals surface area (Å²) in [6, 6.07) is 8.17. The summed E-state index contributed by atoms with van der Waals surface area (Å²) in [5.41, 5.74) is 2.30. The third-order valence-corrected chi connectivity index (χ3v) is 2.79. The van der Waals surface area contributed by atoms with Gasteiger partial charge in [-0.1, -0.05) is 43.7 Å². The lowest BCUT2D eigenvalue weighted by Crippen LogP contribution is -2.30. The van der Waals surface area contributed by atoms with Gasteiger partial charge in [0.05, 0.1) is 0 Å². The number of rotatable bonds is 6. The van der Waals surface area contributed by atoms with E-state index in [2.05, 4.69) is 32.9 Å². The molecule has 0 atom stereocenters. The Hall–Kier alpha value is -1.57. The summed E-state index contributed by atoms with van der Waals surface area (Å²) in [4.78, 5) is 13.9. The molecular weight excluding hydrogens is 222 g/mol. The average molecular weight is 245 g/mol. The fourth-order valence-electron chi connectivity index (χ4n) is 1.82. The minimum atomic E-state index is 0.110. The Morgan fingerprint density at radius 3 is 2.17 bits per heavy atom. The van der Waals surface area contributed by atoms with Crippen molar-refractivity contribution in [2.24, 2.45) is 0 Å². The Bertz CT molecular complexity index is 386. The van der Waals surface area contributed by atoms with Gasteiger partial charge in [-0.3, -0.25) is 4.79 Å². The molecule has 0 fully saturated rings. The third kappa shape index (κ3) is 4.74. The van der Waals surface area contributed by atoms with E-state index in [1.165, 1.54) is 5.56 Å². The molecule has 0 aromatic heterocycles. The van der Waals surface area contributed by atoms with Gasteiger partial charge in [-0.25, -0.2) is 0 Å². The Morgan fingerprint density at radius 1 is 1.11 bits per heavy atom. The molecule has 1 amide bonds. The Balaban J connectivity index is 2.63. The second-order valence-corrected chi connectivity index (χ2v) is 4.57.